The molecule has 0 radical (unpaired) electrons. The smallest absolute Gasteiger partial charge is 0.135 e. The van der Waals surface area contributed by atoms with Crippen molar-refractivity contribution in [1.29, 1.82) is 0 Å². The average molecular weight is 276 g/mol. The Balaban J connectivity index is 1.69. The van der Waals surface area contributed by atoms with E-state index in [1.165, 1.54) is 50.4 Å². The first-order valence-corrected chi connectivity index (χ1v) is 8.31. The van der Waals surface area contributed by atoms with Crippen molar-refractivity contribution < 1.29 is 0 Å². The molecule has 2 atom stereocenters. The summed E-state index contributed by atoms with van der Waals surface area (Å²) in [4.78, 5) is 2.62. The number of hydrogen-bond acceptors (Lipinski definition) is 3. The fourth-order valence-corrected chi connectivity index (χ4v) is 3.78. The molecule has 2 aliphatic rings. The van der Waals surface area contributed by atoms with Crippen LogP contribution in [0, 0.1) is 5.92 Å². The van der Waals surface area contributed by atoms with Crippen LogP contribution < -0.4 is 0 Å². The van der Waals surface area contributed by atoms with Crippen molar-refractivity contribution in [2.24, 2.45) is 5.92 Å². The van der Waals surface area contributed by atoms with Gasteiger partial charge in [-0.2, -0.15) is 0 Å². The lowest BCUT2D eigenvalue weighted by molar-refractivity contribution is 0.138. The summed E-state index contributed by atoms with van der Waals surface area (Å²) in [5.41, 5.74) is 0. The van der Waals surface area contributed by atoms with E-state index < -0.39 is 0 Å². The molecule has 20 heavy (non-hydrogen) atoms. The quantitative estimate of drug-likeness (QED) is 0.851. The molecule has 1 aromatic rings. The molecule has 3 rings (SSSR count). The monoisotopic (exact) mass is 276 g/mol. The van der Waals surface area contributed by atoms with Gasteiger partial charge >= 0.3 is 0 Å². The molecule has 112 valence electrons. The summed E-state index contributed by atoms with van der Waals surface area (Å²) in [7, 11) is 0. The summed E-state index contributed by atoms with van der Waals surface area (Å²) in [6, 6.07) is 0.671. The van der Waals surface area contributed by atoms with E-state index in [0.717, 1.165) is 18.9 Å². The minimum atomic E-state index is 0.587. The predicted octanol–water partition coefficient (Wildman–Crippen LogP) is 2.84. The number of hydrogen-bond donors (Lipinski definition) is 0. The third-order valence-corrected chi connectivity index (χ3v) is 5.07. The Morgan fingerprint density at radius 1 is 1.15 bits per heavy atom. The molecule has 2 unspecified atom stereocenters. The van der Waals surface area contributed by atoms with Gasteiger partial charge in [-0.05, 0) is 52.0 Å². The Bertz CT molecular complexity index is 451. The molecule has 1 fully saturated rings. The first kappa shape index (κ1) is 14.1. The van der Waals surface area contributed by atoms with E-state index in [1.54, 1.807) is 0 Å². The topological polar surface area (TPSA) is 34.0 Å². The van der Waals surface area contributed by atoms with Crippen molar-refractivity contribution in [2.45, 2.75) is 71.4 Å². The molecular formula is C16H28N4. The molecule has 0 N–H and O–H groups in total. The Morgan fingerprint density at radius 2 is 1.95 bits per heavy atom. The maximum absolute atomic E-state index is 4.51. The Morgan fingerprint density at radius 3 is 2.75 bits per heavy atom. The van der Waals surface area contributed by atoms with Crippen LogP contribution >= 0.6 is 0 Å². The summed E-state index contributed by atoms with van der Waals surface area (Å²) >= 11 is 0. The lowest BCUT2D eigenvalue weighted by Crippen LogP contribution is -2.40. The van der Waals surface area contributed by atoms with Crippen LogP contribution in [0.3, 0.4) is 0 Å². The number of rotatable bonds is 3. The van der Waals surface area contributed by atoms with Gasteiger partial charge in [0.2, 0.25) is 0 Å². The molecule has 0 saturated carbocycles. The first-order chi connectivity index (χ1) is 9.65. The lowest BCUT2D eigenvalue weighted by Gasteiger charge is -2.35. The molecule has 0 amide bonds. The lowest BCUT2D eigenvalue weighted by atomic mass is 9.93. The average Bonchev–Trinajstić information content (AvgIpc) is 2.84. The van der Waals surface area contributed by atoms with E-state index in [1.807, 2.05) is 0 Å². The van der Waals surface area contributed by atoms with E-state index in [0.29, 0.717) is 12.0 Å². The third-order valence-electron chi connectivity index (χ3n) is 5.07. The van der Waals surface area contributed by atoms with Gasteiger partial charge in [0.25, 0.3) is 0 Å². The van der Waals surface area contributed by atoms with E-state index in [4.69, 9.17) is 0 Å². The predicted molar refractivity (Wildman–Crippen MR) is 80.8 cm³/mol. The van der Waals surface area contributed by atoms with Crippen molar-refractivity contribution in [1.82, 2.24) is 19.7 Å². The number of nitrogens with zero attached hydrogens (tertiary/aromatic N) is 4. The molecule has 3 heterocycles. The van der Waals surface area contributed by atoms with E-state index in [-0.39, 0.29) is 0 Å². The second kappa shape index (κ2) is 5.84. The molecule has 0 aliphatic carbocycles. The van der Waals surface area contributed by atoms with E-state index in [2.05, 4.69) is 40.4 Å². The molecule has 0 spiro atoms. The van der Waals surface area contributed by atoms with Gasteiger partial charge in [-0.15, -0.1) is 10.2 Å². The minimum Gasteiger partial charge on any atom is -0.315 e. The van der Waals surface area contributed by atoms with Crippen molar-refractivity contribution in [3.05, 3.63) is 11.6 Å². The fourth-order valence-electron chi connectivity index (χ4n) is 3.78. The molecule has 2 aliphatic heterocycles. The summed E-state index contributed by atoms with van der Waals surface area (Å²) in [6.45, 7) is 10.5. The van der Waals surface area contributed by atoms with Gasteiger partial charge in [-0.25, -0.2) is 0 Å². The highest BCUT2D eigenvalue weighted by Gasteiger charge is 2.26. The molecule has 4 nitrogen and oxygen atoms in total. The van der Waals surface area contributed by atoms with Crippen LogP contribution in [-0.2, 0) is 13.0 Å². The van der Waals surface area contributed by atoms with Crippen molar-refractivity contribution >= 4 is 0 Å². The maximum Gasteiger partial charge on any atom is 0.135 e. The largest absolute Gasteiger partial charge is 0.315 e. The second-order valence-electron chi connectivity index (χ2n) is 6.97. The Kier molecular flexibility index (Phi) is 4.11. The van der Waals surface area contributed by atoms with Gasteiger partial charge in [0.1, 0.15) is 11.6 Å². The van der Waals surface area contributed by atoms with Crippen LogP contribution in [0.5, 0.6) is 0 Å². The summed E-state index contributed by atoms with van der Waals surface area (Å²) < 4.78 is 2.41. The molecule has 0 aromatic carbocycles. The maximum atomic E-state index is 4.51. The van der Waals surface area contributed by atoms with Gasteiger partial charge < -0.3 is 9.47 Å². The van der Waals surface area contributed by atoms with Crippen LogP contribution in [0.2, 0.25) is 0 Å². The minimum absolute atomic E-state index is 0.587. The van der Waals surface area contributed by atoms with Crippen molar-refractivity contribution in [2.75, 3.05) is 13.1 Å². The van der Waals surface area contributed by atoms with Gasteiger partial charge in [0.15, 0.2) is 0 Å². The van der Waals surface area contributed by atoms with Gasteiger partial charge in [-0.1, -0.05) is 6.92 Å². The van der Waals surface area contributed by atoms with Gasteiger partial charge in [0.05, 0.1) is 0 Å². The molecule has 1 aromatic heterocycles. The molecule has 1 saturated heterocycles. The summed E-state index contributed by atoms with van der Waals surface area (Å²) in [6.07, 6.45) is 6.34. The van der Waals surface area contributed by atoms with Crippen LogP contribution in [0.25, 0.3) is 0 Å². The van der Waals surface area contributed by atoms with Crippen LogP contribution in [0.4, 0.5) is 0 Å². The number of aromatic nitrogens is 3. The molecule has 4 heteroatoms. The Labute approximate surface area is 122 Å². The van der Waals surface area contributed by atoms with Crippen LogP contribution in [0.15, 0.2) is 0 Å². The van der Waals surface area contributed by atoms with E-state index in [9.17, 15) is 0 Å². The zero-order valence-electron chi connectivity index (χ0n) is 13.2. The van der Waals surface area contributed by atoms with Crippen molar-refractivity contribution in [3.8, 4) is 0 Å². The fraction of sp³-hybridized carbons (Fsp3) is 0.875. The third kappa shape index (κ3) is 2.76. The highest BCUT2D eigenvalue weighted by atomic mass is 15.3. The van der Waals surface area contributed by atoms with Crippen molar-refractivity contribution in [3.63, 3.8) is 0 Å². The van der Waals surface area contributed by atoms with E-state index >= 15 is 0 Å². The normalized spacial score (nSPS) is 27.8. The van der Waals surface area contributed by atoms with Gasteiger partial charge in [0, 0.05) is 31.5 Å². The standard InChI is InChI=1S/C16H28N4/c1-12(2)19-8-5-7-14(11-19)10-15-17-18-16-13(3)6-4-9-20(15)16/h12-14H,4-11H2,1-3H3. The highest BCUT2D eigenvalue weighted by molar-refractivity contribution is 5.05. The highest BCUT2D eigenvalue weighted by Crippen LogP contribution is 2.28. The van der Waals surface area contributed by atoms with Crippen LogP contribution in [0.1, 0.15) is 64.0 Å². The number of likely N-dealkylation sites (tertiary alicyclic amines) is 1. The van der Waals surface area contributed by atoms with Gasteiger partial charge in [-0.3, -0.25) is 0 Å². The molecule has 0 bridgehead atoms. The molecular weight excluding hydrogens is 248 g/mol. The summed E-state index contributed by atoms with van der Waals surface area (Å²) in [5, 5.41) is 8.96. The zero-order valence-corrected chi connectivity index (χ0v) is 13.2. The second-order valence-corrected chi connectivity index (χ2v) is 6.97. The Hall–Kier alpha value is -0.900. The van der Waals surface area contributed by atoms with Crippen LogP contribution in [-0.4, -0.2) is 38.8 Å². The zero-order chi connectivity index (χ0) is 14.1. The SMILES string of the molecule is CC1CCCn2c(CC3CCCN(C(C)C)C3)nnc21. The first-order valence-electron chi connectivity index (χ1n) is 8.31. The number of fused-ring (bicyclic) bond motifs is 1. The number of piperidine rings is 1. The summed E-state index contributed by atoms with van der Waals surface area (Å²) in [5.74, 6) is 3.81.